The molecule has 0 amide bonds. The van der Waals surface area contributed by atoms with Crippen molar-refractivity contribution < 1.29 is 18.9 Å². The highest BCUT2D eigenvalue weighted by atomic mass is 32.1. The molecule has 4 aromatic carbocycles. The molecule has 0 unspecified atom stereocenters. The van der Waals surface area contributed by atoms with E-state index in [-0.39, 0.29) is 17.6 Å². The first-order valence-corrected chi connectivity index (χ1v) is 26.3. The summed E-state index contributed by atoms with van der Waals surface area (Å²) in [5, 5.41) is 0. The molecule has 0 saturated carbocycles. The molecule has 0 spiro atoms. The van der Waals surface area contributed by atoms with Gasteiger partial charge in [0.15, 0.2) is 0 Å². The molecule has 0 bridgehead atoms. The average molecular weight is 931 g/mol. The summed E-state index contributed by atoms with van der Waals surface area (Å²) in [6, 6.07) is 40.9. The molecule has 2 aromatic heterocycles. The van der Waals surface area contributed by atoms with E-state index in [2.05, 4.69) is 149 Å². The van der Waals surface area contributed by atoms with E-state index in [4.69, 9.17) is 18.9 Å². The number of hydrogen-bond donors (Lipinski definition) is 0. The van der Waals surface area contributed by atoms with Gasteiger partial charge in [0.05, 0.1) is 25.4 Å². The molecule has 1 aliphatic rings. The number of hydrogen-bond acceptors (Lipinski definition) is 6. The lowest BCUT2D eigenvalue weighted by atomic mass is 9.71. The maximum Gasteiger partial charge on any atom is 0.119 e. The molecule has 0 atom stereocenters. The second-order valence-electron chi connectivity index (χ2n) is 17.6. The molecule has 7 rings (SSSR count). The van der Waals surface area contributed by atoms with E-state index in [1.807, 2.05) is 22.7 Å². The molecule has 0 radical (unpaired) electrons. The Bertz CT molecular complexity index is 2320. The fraction of sp³-hybridized carbons (Fsp3) is 0.344. The number of thiophene rings is 2. The van der Waals surface area contributed by atoms with Gasteiger partial charge in [0.1, 0.15) is 11.5 Å². The minimum absolute atomic E-state index is 0.0181. The van der Waals surface area contributed by atoms with Gasteiger partial charge in [-0.05, 0) is 181 Å². The molecule has 0 aliphatic heterocycles. The van der Waals surface area contributed by atoms with Crippen molar-refractivity contribution in [1.29, 1.82) is 0 Å². The number of fused-ring (bicyclic) bond motifs is 3. The zero-order valence-corrected chi connectivity index (χ0v) is 41.6. The summed E-state index contributed by atoms with van der Waals surface area (Å²) in [7, 11) is 0. The average Bonchev–Trinajstić information content (AvgIpc) is 4.12. The monoisotopic (exact) mass is 930 g/mol. The van der Waals surface area contributed by atoms with Gasteiger partial charge in [0.25, 0.3) is 0 Å². The lowest BCUT2D eigenvalue weighted by Crippen LogP contribution is -2.25. The van der Waals surface area contributed by atoms with E-state index < -0.39 is 0 Å². The van der Waals surface area contributed by atoms with Crippen LogP contribution in [0.1, 0.15) is 102 Å². The maximum absolute atomic E-state index is 6.10. The Kier molecular flexibility index (Phi) is 18.7. The highest BCUT2D eigenvalue weighted by Gasteiger charge is 2.42. The van der Waals surface area contributed by atoms with E-state index in [1.165, 1.54) is 64.0 Å². The maximum atomic E-state index is 6.10. The Morgan fingerprint density at radius 2 is 0.776 bits per heavy atom. The van der Waals surface area contributed by atoms with E-state index in [9.17, 15) is 0 Å². The molecule has 4 nitrogen and oxygen atoms in total. The van der Waals surface area contributed by atoms with Crippen molar-refractivity contribution in [2.45, 2.75) is 109 Å². The Hall–Kier alpha value is -5.24. The Morgan fingerprint density at radius 3 is 1.13 bits per heavy atom. The van der Waals surface area contributed by atoms with Crippen LogP contribution in [0.2, 0.25) is 0 Å². The number of unbranched alkanes of at least 4 members (excludes halogenated alkanes) is 6. The predicted octanol–water partition coefficient (Wildman–Crippen LogP) is 17.7. The van der Waals surface area contributed by atoms with Crippen molar-refractivity contribution in [3.05, 3.63) is 171 Å². The summed E-state index contributed by atoms with van der Waals surface area (Å²) >= 11 is 3.74. The van der Waals surface area contributed by atoms with Crippen molar-refractivity contribution in [3.63, 3.8) is 0 Å². The van der Waals surface area contributed by atoms with Crippen LogP contribution in [0.3, 0.4) is 0 Å². The van der Waals surface area contributed by atoms with E-state index in [1.54, 1.807) is 24.3 Å². The van der Waals surface area contributed by atoms with E-state index >= 15 is 0 Å². The van der Waals surface area contributed by atoms with Crippen LogP contribution in [0, 0.1) is 0 Å². The molecule has 0 saturated heterocycles. The lowest BCUT2D eigenvalue weighted by molar-refractivity contribution is 0.111. The lowest BCUT2D eigenvalue weighted by Gasteiger charge is -2.32. The van der Waals surface area contributed by atoms with Crippen molar-refractivity contribution in [2.24, 2.45) is 0 Å². The van der Waals surface area contributed by atoms with Crippen molar-refractivity contribution in [3.8, 4) is 64.4 Å². The summed E-state index contributed by atoms with van der Waals surface area (Å²) in [6.07, 6.45) is 20.2. The topological polar surface area (TPSA) is 36.9 Å². The molecular formula is C61H70O4S2. The van der Waals surface area contributed by atoms with Gasteiger partial charge in [-0.25, -0.2) is 0 Å². The van der Waals surface area contributed by atoms with Crippen LogP contribution in [-0.2, 0) is 14.9 Å². The zero-order chi connectivity index (χ0) is 46.9. The van der Waals surface area contributed by atoms with Gasteiger partial charge in [-0.2, -0.15) is 0 Å². The first kappa shape index (κ1) is 49.7. The molecule has 6 heteroatoms. The van der Waals surface area contributed by atoms with Gasteiger partial charge >= 0.3 is 0 Å². The van der Waals surface area contributed by atoms with Gasteiger partial charge in [-0.3, -0.25) is 0 Å². The summed E-state index contributed by atoms with van der Waals surface area (Å²) in [5.41, 5.74) is 10.8. The standard InChI is InChI=1S/C61H70O4S2/c1-7-37-61(38-8-2)55-43-47(59-35-33-57(66-59)45-21-27-51(28-22-45)64-41-19-15-13-17-39-62-49(9-3)10-4)25-31-53(55)54-32-26-48(44-56(54)61)60-36-34-58(67-60)46-23-29-52(30-24-46)65-42-20-16-14-18-40-63-50(11-5)12-6/h9-12,21-36,43-44,49-50H,3-8,13-20,37-42H2,1-2H3. The van der Waals surface area contributed by atoms with Crippen molar-refractivity contribution in [1.82, 2.24) is 0 Å². The molecule has 2 heterocycles. The number of ether oxygens (including phenoxy) is 4. The van der Waals surface area contributed by atoms with Gasteiger partial charge in [0.2, 0.25) is 0 Å². The highest BCUT2D eigenvalue weighted by Crippen LogP contribution is 2.56. The third-order valence-electron chi connectivity index (χ3n) is 12.9. The Balaban J connectivity index is 0.967. The number of benzene rings is 4. The van der Waals surface area contributed by atoms with Crippen LogP contribution < -0.4 is 9.47 Å². The Labute approximate surface area is 409 Å². The van der Waals surface area contributed by atoms with Crippen LogP contribution in [0.15, 0.2) is 160 Å². The molecular weight excluding hydrogens is 861 g/mol. The summed E-state index contributed by atoms with van der Waals surface area (Å²) in [4.78, 5) is 5.15. The molecule has 1 aliphatic carbocycles. The van der Waals surface area contributed by atoms with Crippen LogP contribution >= 0.6 is 22.7 Å². The summed E-state index contributed by atoms with van der Waals surface area (Å²) in [6.45, 7) is 22.7. The summed E-state index contributed by atoms with van der Waals surface area (Å²) in [5.74, 6) is 1.85. The number of rotatable bonds is 30. The predicted molar refractivity (Wildman–Crippen MR) is 288 cm³/mol. The Morgan fingerprint density at radius 1 is 0.433 bits per heavy atom. The third kappa shape index (κ3) is 12.7. The van der Waals surface area contributed by atoms with Gasteiger partial charge in [-0.1, -0.05) is 88.1 Å². The third-order valence-corrected chi connectivity index (χ3v) is 15.3. The fourth-order valence-corrected chi connectivity index (χ4v) is 11.5. The zero-order valence-electron chi connectivity index (χ0n) is 39.9. The molecule has 350 valence electrons. The normalized spacial score (nSPS) is 12.5. The first-order valence-electron chi connectivity index (χ1n) is 24.6. The fourth-order valence-electron chi connectivity index (χ4n) is 9.45. The van der Waals surface area contributed by atoms with E-state index in [0.717, 1.165) is 115 Å². The van der Waals surface area contributed by atoms with Crippen LogP contribution in [0.25, 0.3) is 52.9 Å². The van der Waals surface area contributed by atoms with Gasteiger partial charge in [0, 0.05) is 38.1 Å². The minimum Gasteiger partial charge on any atom is -0.494 e. The second kappa shape index (κ2) is 25.2. The van der Waals surface area contributed by atoms with E-state index in [0.29, 0.717) is 0 Å². The van der Waals surface area contributed by atoms with Crippen LogP contribution in [-0.4, -0.2) is 38.6 Å². The van der Waals surface area contributed by atoms with Gasteiger partial charge < -0.3 is 18.9 Å². The molecule has 0 fully saturated rings. The molecule has 6 aromatic rings. The summed E-state index contributed by atoms with van der Waals surface area (Å²) < 4.78 is 23.6. The first-order chi connectivity index (χ1) is 32.9. The SMILES string of the molecule is C=CC(C=C)OCCCCCCOc1ccc(-c2ccc(-c3ccc4c(c3)C(CCC)(CCC)c3cc(-c5ccc(-c6ccc(OCCCCCCOC(C=C)C=C)cc6)s5)ccc3-4)s2)cc1. The van der Waals surface area contributed by atoms with Crippen LogP contribution in [0.5, 0.6) is 11.5 Å². The largest absolute Gasteiger partial charge is 0.494 e. The quantitative estimate of drug-likeness (QED) is 0.0333. The molecule has 0 N–H and O–H groups in total. The minimum atomic E-state index is -0.0556. The van der Waals surface area contributed by atoms with Gasteiger partial charge in [-0.15, -0.1) is 49.0 Å². The molecule has 67 heavy (non-hydrogen) atoms. The van der Waals surface area contributed by atoms with Crippen molar-refractivity contribution >= 4 is 22.7 Å². The second-order valence-corrected chi connectivity index (χ2v) is 19.8. The van der Waals surface area contributed by atoms with Crippen LogP contribution in [0.4, 0.5) is 0 Å². The highest BCUT2D eigenvalue weighted by molar-refractivity contribution is 7.19. The van der Waals surface area contributed by atoms with Crippen molar-refractivity contribution in [2.75, 3.05) is 26.4 Å². The smallest absolute Gasteiger partial charge is 0.119 e.